The van der Waals surface area contributed by atoms with Crippen LogP contribution in [0.15, 0.2) is 57.7 Å². The number of carbonyl (C=O) groups excluding carboxylic acids is 1. The van der Waals surface area contributed by atoms with Gasteiger partial charge in [0.25, 0.3) is 0 Å². The first-order chi connectivity index (χ1) is 15.2. The lowest BCUT2D eigenvalue weighted by molar-refractivity contribution is -0.121. The van der Waals surface area contributed by atoms with Crippen molar-refractivity contribution in [2.24, 2.45) is 0 Å². The monoisotopic (exact) mass is 424 g/mol. The van der Waals surface area contributed by atoms with Crippen molar-refractivity contribution < 1.29 is 18.5 Å². The molecule has 8 nitrogen and oxygen atoms in total. The highest BCUT2D eigenvalue weighted by molar-refractivity contribution is 5.91. The molecular formula is C23H28N4O4. The molecule has 3 aromatic rings. The second kappa shape index (κ2) is 10.4. The highest BCUT2D eigenvalue weighted by Crippen LogP contribution is 2.20. The average molecular weight is 425 g/mol. The van der Waals surface area contributed by atoms with Crippen molar-refractivity contribution >= 4 is 11.6 Å². The van der Waals surface area contributed by atoms with Gasteiger partial charge in [-0.3, -0.25) is 9.69 Å². The smallest absolute Gasteiger partial charge is 0.250 e. The van der Waals surface area contributed by atoms with Crippen LogP contribution in [0.2, 0.25) is 0 Å². The van der Waals surface area contributed by atoms with Gasteiger partial charge in [-0.15, -0.1) is 0 Å². The summed E-state index contributed by atoms with van der Waals surface area (Å²) in [6, 6.07) is 13.3. The number of amides is 1. The Morgan fingerprint density at radius 2 is 1.87 bits per heavy atom. The predicted octanol–water partition coefficient (Wildman–Crippen LogP) is 3.23. The molecule has 0 bridgehead atoms. The highest BCUT2D eigenvalue weighted by Gasteiger charge is 2.15. The molecule has 31 heavy (non-hydrogen) atoms. The topological polar surface area (TPSA) is 84.0 Å². The molecule has 1 aromatic carbocycles. The number of benzene rings is 1. The van der Waals surface area contributed by atoms with Gasteiger partial charge in [-0.05, 0) is 36.4 Å². The molecular weight excluding hydrogens is 396 g/mol. The lowest BCUT2D eigenvalue weighted by atomic mass is 10.1. The van der Waals surface area contributed by atoms with Gasteiger partial charge >= 0.3 is 0 Å². The summed E-state index contributed by atoms with van der Waals surface area (Å²) in [5.41, 5.74) is 2.61. The number of ether oxygens (including phenoxy) is 1. The number of carbonyl (C=O) groups is 1. The van der Waals surface area contributed by atoms with Gasteiger partial charge in [0.1, 0.15) is 12.3 Å². The number of hydrogen-bond donors (Lipinski definition) is 1. The van der Waals surface area contributed by atoms with E-state index in [2.05, 4.69) is 39.3 Å². The van der Waals surface area contributed by atoms with Gasteiger partial charge in [0.2, 0.25) is 11.7 Å². The Hall–Kier alpha value is -2.94. The van der Waals surface area contributed by atoms with Crippen molar-refractivity contribution in [3.8, 4) is 11.5 Å². The van der Waals surface area contributed by atoms with Gasteiger partial charge in [-0.25, -0.2) is 0 Å². The molecule has 1 amide bonds. The van der Waals surface area contributed by atoms with Crippen LogP contribution in [0, 0.1) is 0 Å². The predicted molar refractivity (Wildman–Crippen MR) is 116 cm³/mol. The quantitative estimate of drug-likeness (QED) is 0.565. The summed E-state index contributed by atoms with van der Waals surface area (Å²) in [4.78, 5) is 17.1. The van der Waals surface area contributed by atoms with Crippen molar-refractivity contribution in [2.45, 2.75) is 20.1 Å². The van der Waals surface area contributed by atoms with Crippen molar-refractivity contribution in [3.05, 3.63) is 60.0 Å². The zero-order valence-corrected chi connectivity index (χ0v) is 17.8. The highest BCUT2D eigenvalue weighted by atomic mass is 16.5. The van der Waals surface area contributed by atoms with Crippen LogP contribution >= 0.6 is 0 Å². The summed E-state index contributed by atoms with van der Waals surface area (Å²) in [6.45, 7) is 8.83. The molecule has 1 fully saturated rings. The number of rotatable bonds is 9. The number of nitrogens with one attached hydrogen (secondary N) is 1. The first-order valence-electron chi connectivity index (χ1n) is 10.6. The third kappa shape index (κ3) is 6.04. The summed E-state index contributed by atoms with van der Waals surface area (Å²) in [5.74, 6) is 0.918. The van der Waals surface area contributed by atoms with Crippen LogP contribution in [0.4, 0.5) is 5.69 Å². The SMILES string of the molecule is CCN1CCN(Cc2ccc(NC(=O)COCc3cc(-c4ccco4)on3)cc2)CC1. The number of anilines is 1. The summed E-state index contributed by atoms with van der Waals surface area (Å²) < 4.78 is 15.9. The normalized spacial score (nSPS) is 15.3. The van der Waals surface area contributed by atoms with E-state index in [1.54, 1.807) is 24.5 Å². The van der Waals surface area contributed by atoms with Gasteiger partial charge in [-0.1, -0.05) is 24.2 Å². The molecule has 0 spiro atoms. The Labute approximate surface area is 181 Å². The zero-order chi connectivity index (χ0) is 21.5. The lowest BCUT2D eigenvalue weighted by Gasteiger charge is -2.34. The van der Waals surface area contributed by atoms with E-state index in [0.29, 0.717) is 17.2 Å². The lowest BCUT2D eigenvalue weighted by Crippen LogP contribution is -2.45. The van der Waals surface area contributed by atoms with Gasteiger partial charge in [0.15, 0.2) is 5.76 Å². The van der Waals surface area contributed by atoms with E-state index in [0.717, 1.165) is 45.0 Å². The Morgan fingerprint density at radius 1 is 1.10 bits per heavy atom. The summed E-state index contributed by atoms with van der Waals surface area (Å²) in [5, 5.41) is 6.78. The molecule has 0 atom stereocenters. The van der Waals surface area contributed by atoms with Crippen LogP contribution in [-0.4, -0.2) is 60.2 Å². The van der Waals surface area contributed by atoms with Crippen molar-refractivity contribution in [1.29, 1.82) is 0 Å². The van der Waals surface area contributed by atoms with Gasteiger partial charge in [0.05, 0.1) is 12.9 Å². The number of nitrogens with zero attached hydrogens (tertiary/aromatic N) is 3. The largest absolute Gasteiger partial charge is 0.461 e. The Morgan fingerprint density at radius 3 is 2.58 bits per heavy atom. The maximum atomic E-state index is 12.1. The first-order valence-corrected chi connectivity index (χ1v) is 10.6. The fourth-order valence-electron chi connectivity index (χ4n) is 3.58. The minimum absolute atomic E-state index is 0.0631. The van der Waals surface area contributed by atoms with Gasteiger partial charge in [0, 0.05) is 44.5 Å². The number of aromatic nitrogens is 1. The van der Waals surface area contributed by atoms with Crippen LogP contribution in [0.5, 0.6) is 0 Å². The van der Waals surface area contributed by atoms with Crippen LogP contribution in [0.1, 0.15) is 18.2 Å². The van der Waals surface area contributed by atoms with E-state index >= 15 is 0 Å². The number of furan rings is 1. The summed E-state index contributed by atoms with van der Waals surface area (Å²) in [6.07, 6.45) is 1.57. The van der Waals surface area contributed by atoms with Crippen LogP contribution in [0.3, 0.4) is 0 Å². The molecule has 4 rings (SSSR count). The third-order valence-electron chi connectivity index (χ3n) is 5.36. The average Bonchev–Trinajstić information content (AvgIpc) is 3.48. The number of hydrogen-bond acceptors (Lipinski definition) is 7. The third-order valence-corrected chi connectivity index (χ3v) is 5.36. The molecule has 0 unspecified atom stereocenters. The molecule has 0 radical (unpaired) electrons. The number of piperazine rings is 1. The molecule has 0 saturated carbocycles. The van der Waals surface area contributed by atoms with Crippen molar-refractivity contribution in [1.82, 2.24) is 15.0 Å². The second-order valence-electron chi connectivity index (χ2n) is 7.61. The first kappa shape index (κ1) is 21.3. The molecule has 2 aromatic heterocycles. The number of likely N-dealkylation sites (N-methyl/N-ethyl adjacent to an activating group) is 1. The van der Waals surface area contributed by atoms with E-state index < -0.39 is 0 Å². The molecule has 3 heterocycles. The second-order valence-corrected chi connectivity index (χ2v) is 7.61. The van der Waals surface area contributed by atoms with E-state index in [9.17, 15) is 4.79 Å². The molecule has 1 N–H and O–H groups in total. The van der Waals surface area contributed by atoms with E-state index in [4.69, 9.17) is 13.7 Å². The van der Waals surface area contributed by atoms with Crippen LogP contribution in [0.25, 0.3) is 11.5 Å². The van der Waals surface area contributed by atoms with E-state index in [1.807, 2.05) is 12.1 Å². The Balaban J connectivity index is 1.18. The standard InChI is InChI=1S/C23H28N4O4/c1-2-26-9-11-27(12-10-26)15-18-5-7-19(8-6-18)24-23(28)17-29-16-20-14-22(31-25-20)21-4-3-13-30-21/h3-8,13-14H,2,9-12,15-17H2,1H3,(H,24,28). The van der Waals surface area contributed by atoms with Crippen LogP contribution < -0.4 is 5.32 Å². The molecule has 1 saturated heterocycles. The van der Waals surface area contributed by atoms with Crippen LogP contribution in [-0.2, 0) is 22.7 Å². The minimum Gasteiger partial charge on any atom is -0.461 e. The minimum atomic E-state index is -0.210. The molecule has 1 aliphatic rings. The van der Waals surface area contributed by atoms with Gasteiger partial charge < -0.3 is 23.9 Å². The van der Waals surface area contributed by atoms with E-state index in [1.165, 1.54) is 5.56 Å². The molecule has 164 valence electrons. The maximum Gasteiger partial charge on any atom is 0.250 e. The van der Waals surface area contributed by atoms with Crippen molar-refractivity contribution in [3.63, 3.8) is 0 Å². The molecule has 1 aliphatic heterocycles. The fourth-order valence-corrected chi connectivity index (χ4v) is 3.58. The van der Waals surface area contributed by atoms with E-state index in [-0.39, 0.29) is 19.1 Å². The Bertz CT molecular complexity index is 944. The molecule has 8 heteroatoms. The van der Waals surface area contributed by atoms with Gasteiger partial charge in [-0.2, -0.15) is 0 Å². The summed E-state index contributed by atoms with van der Waals surface area (Å²) >= 11 is 0. The summed E-state index contributed by atoms with van der Waals surface area (Å²) in [7, 11) is 0. The van der Waals surface area contributed by atoms with Crippen molar-refractivity contribution in [2.75, 3.05) is 44.6 Å². The zero-order valence-electron chi connectivity index (χ0n) is 17.8. The maximum absolute atomic E-state index is 12.1. The fraction of sp³-hybridized carbons (Fsp3) is 0.391. The Kier molecular flexibility index (Phi) is 7.14. The molecule has 0 aliphatic carbocycles.